The zero-order chi connectivity index (χ0) is 16.7. The SMILES string of the molecule is COc1ccc(C(=O)N(C)C[C@@H]2COCCO2)cc1OCCN. The molecule has 0 radical (unpaired) electrons. The average Bonchev–Trinajstić information content (AvgIpc) is 2.59. The maximum atomic E-state index is 12.6. The van der Waals surface area contributed by atoms with Gasteiger partial charge in [-0.3, -0.25) is 4.79 Å². The Morgan fingerprint density at radius 1 is 1.39 bits per heavy atom. The fraction of sp³-hybridized carbons (Fsp3) is 0.562. The van der Waals surface area contributed by atoms with E-state index in [-0.39, 0.29) is 12.0 Å². The van der Waals surface area contributed by atoms with E-state index in [1.807, 2.05) is 0 Å². The van der Waals surface area contributed by atoms with Crippen LogP contribution in [0.1, 0.15) is 10.4 Å². The number of nitrogens with two attached hydrogens (primary N) is 1. The molecular weight excluding hydrogens is 300 g/mol. The largest absolute Gasteiger partial charge is 0.493 e. The highest BCUT2D eigenvalue weighted by molar-refractivity contribution is 5.94. The van der Waals surface area contributed by atoms with E-state index < -0.39 is 0 Å². The smallest absolute Gasteiger partial charge is 0.253 e. The highest BCUT2D eigenvalue weighted by Crippen LogP contribution is 2.28. The van der Waals surface area contributed by atoms with E-state index in [1.54, 1.807) is 37.3 Å². The van der Waals surface area contributed by atoms with Gasteiger partial charge in [0, 0.05) is 25.7 Å². The fourth-order valence-corrected chi connectivity index (χ4v) is 2.34. The minimum atomic E-state index is -0.112. The molecule has 1 saturated heterocycles. The molecule has 0 aliphatic carbocycles. The van der Waals surface area contributed by atoms with Crippen LogP contribution < -0.4 is 15.2 Å². The van der Waals surface area contributed by atoms with Crippen LogP contribution in [0.3, 0.4) is 0 Å². The number of carbonyl (C=O) groups is 1. The molecule has 1 aromatic rings. The molecule has 7 heteroatoms. The summed E-state index contributed by atoms with van der Waals surface area (Å²) in [5, 5.41) is 0. The third-order valence-electron chi connectivity index (χ3n) is 3.50. The van der Waals surface area contributed by atoms with Gasteiger partial charge in [-0.25, -0.2) is 0 Å². The van der Waals surface area contributed by atoms with Gasteiger partial charge in [0.15, 0.2) is 11.5 Å². The van der Waals surface area contributed by atoms with Gasteiger partial charge in [0.1, 0.15) is 6.61 Å². The average molecular weight is 324 g/mol. The molecule has 0 saturated carbocycles. The van der Waals surface area contributed by atoms with Crippen LogP contribution in [0, 0.1) is 0 Å². The normalized spacial score (nSPS) is 17.6. The van der Waals surface area contributed by atoms with Crippen molar-refractivity contribution >= 4 is 5.91 Å². The maximum Gasteiger partial charge on any atom is 0.253 e. The van der Waals surface area contributed by atoms with Crippen LogP contribution in [0.15, 0.2) is 18.2 Å². The molecule has 1 amide bonds. The van der Waals surface area contributed by atoms with Crippen molar-refractivity contribution in [2.24, 2.45) is 5.73 Å². The predicted octanol–water partition coefficient (Wildman–Crippen LogP) is 0.520. The van der Waals surface area contributed by atoms with Gasteiger partial charge >= 0.3 is 0 Å². The number of ether oxygens (including phenoxy) is 4. The molecule has 0 aromatic heterocycles. The summed E-state index contributed by atoms with van der Waals surface area (Å²) in [5.41, 5.74) is 5.98. The minimum Gasteiger partial charge on any atom is -0.493 e. The van der Waals surface area contributed by atoms with Crippen molar-refractivity contribution in [2.45, 2.75) is 6.10 Å². The molecule has 0 bridgehead atoms. The lowest BCUT2D eigenvalue weighted by Gasteiger charge is -2.27. The van der Waals surface area contributed by atoms with Gasteiger partial charge in [-0.15, -0.1) is 0 Å². The zero-order valence-corrected chi connectivity index (χ0v) is 13.6. The van der Waals surface area contributed by atoms with Crippen LogP contribution in [0.2, 0.25) is 0 Å². The number of rotatable bonds is 7. The topological polar surface area (TPSA) is 83.2 Å². The zero-order valence-electron chi connectivity index (χ0n) is 13.6. The highest BCUT2D eigenvalue weighted by atomic mass is 16.6. The first kappa shape index (κ1) is 17.5. The summed E-state index contributed by atoms with van der Waals surface area (Å²) in [5.74, 6) is 0.968. The number of hydrogen-bond acceptors (Lipinski definition) is 6. The number of benzene rings is 1. The van der Waals surface area contributed by atoms with E-state index in [4.69, 9.17) is 24.7 Å². The number of hydrogen-bond donors (Lipinski definition) is 1. The molecule has 1 fully saturated rings. The lowest BCUT2D eigenvalue weighted by atomic mass is 10.1. The molecule has 128 valence electrons. The molecule has 2 rings (SSSR count). The third kappa shape index (κ3) is 4.82. The Balaban J connectivity index is 2.04. The second-order valence-electron chi connectivity index (χ2n) is 5.26. The number of carbonyl (C=O) groups excluding carboxylic acids is 1. The van der Waals surface area contributed by atoms with Gasteiger partial charge in [0.25, 0.3) is 5.91 Å². The monoisotopic (exact) mass is 324 g/mol. The standard InChI is InChI=1S/C16H24N2O5/c1-18(10-13-11-21-7-8-22-13)16(19)12-3-4-14(20-2)15(9-12)23-6-5-17/h3-4,9,13H,5-8,10-11,17H2,1-2H3/t13-/m1/s1. The van der Waals surface area contributed by atoms with Crippen molar-refractivity contribution in [3.05, 3.63) is 23.8 Å². The molecule has 23 heavy (non-hydrogen) atoms. The third-order valence-corrected chi connectivity index (χ3v) is 3.50. The van der Waals surface area contributed by atoms with Gasteiger partial charge in [-0.1, -0.05) is 0 Å². The Hall–Kier alpha value is -1.83. The van der Waals surface area contributed by atoms with E-state index in [9.17, 15) is 4.79 Å². The van der Waals surface area contributed by atoms with E-state index in [0.29, 0.717) is 56.6 Å². The van der Waals surface area contributed by atoms with Crippen molar-refractivity contribution in [1.29, 1.82) is 0 Å². The van der Waals surface area contributed by atoms with E-state index >= 15 is 0 Å². The second-order valence-corrected chi connectivity index (χ2v) is 5.26. The van der Waals surface area contributed by atoms with Gasteiger partial charge in [-0.2, -0.15) is 0 Å². The molecule has 0 unspecified atom stereocenters. The van der Waals surface area contributed by atoms with Crippen LogP contribution in [-0.4, -0.2) is 70.6 Å². The number of amides is 1. The summed E-state index contributed by atoms with van der Waals surface area (Å²) in [6.45, 7) is 2.90. The van der Waals surface area contributed by atoms with Crippen molar-refractivity contribution < 1.29 is 23.7 Å². The first-order chi connectivity index (χ1) is 11.2. The summed E-state index contributed by atoms with van der Waals surface area (Å²) in [6.07, 6.45) is -0.0936. The van der Waals surface area contributed by atoms with Gasteiger partial charge in [0.05, 0.1) is 33.0 Å². The van der Waals surface area contributed by atoms with E-state index in [2.05, 4.69) is 0 Å². The predicted molar refractivity (Wildman–Crippen MR) is 85.1 cm³/mol. The summed E-state index contributed by atoms with van der Waals surface area (Å²) in [6, 6.07) is 5.10. The van der Waals surface area contributed by atoms with Crippen molar-refractivity contribution in [3.8, 4) is 11.5 Å². The van der Waals surface area contributed by atoms with E-state index in [0.717, 1.165) is 0 Å². The summed E-state index contributed by atoms with van der Waals surface area (Å²) in [7, 11) is 3.30. The highest BCUT2D eigenvalue weighted by Gasteiger charge is 2.21. The molecule has 7 nitrogen and oxygen atoms in total. The summed E-state index contributed by atoms with van der Waals surface area (Å²) in [4.78, 5) is 14.2. The maximum absolute atomic E-state index is 12.6. The van der Waals surface area contributed by atoms with Gasteiger partial charge in [0.2, 0.25) is 0 Å². The number of nitrogens with zero attached hydrogens (tertiary/aromatic N) is 1. The van der Waals surface area contributed by atoms with Gasteiger partial charge in [-0.05, 0) is 18.2 Å². The summed E-state index contributed by atoms with van der Waals surface area (Å²) < 4.78 is 21.7. The molecular formula is C16H24N2O5. The molecule has 1 aliphatic heterocycles. The number of methoxy groups -OCH3 is 1. The molecule has 1 atom stereocenters. The Morgan fingerprint density at radius 3 is 2.87 bits per heavy atom. The van der Waals surface area contributed by atoms with Crippen LogP contribution in [0.4, 0.5) is 0 Å². The second kappa shape index (κ2) is 8.71. The lowest BCUT2D eigenvalue weighted by Crippen LogP contribution is -2.40. The van der Waals surface area contributed by atoms with Crippen molar-refractivity contribution in [2.75, 3.05) is 53.7 Å². The lowest BCUT2D eigenvalue weighted by molar-refractivity contribution is -0.0933. The first-order valence-corrected chi connectivity index (χ1v) is 7.61. The number of likely N-dealkylation sites (N-methyl/N-ethyl adjacent to an activating group) is 1. The van der Waals surface area contributed by atoms with Crippen LogP contribution >= 0.6 is 0 Å². The molecule has 0 spiro atoms. The Morgan fingerprint density at radius 2 is 2.22 bits per heavy atom. The Bertz CT molecular complexity index is 517. The minimum absolute atomic E-state index is 0.0936. The van der Waals surface area contributed by atoms with Crippen molar-refractivity contribution in [3.63, 3.8) is 0 Å². The molecule has 1 heterocycles. The van der Waals surface area contributed by atoms with Crippen LogP contribution in [0.25, 0.3) is 0 Å². The molecule has 2 N–H and O–H groups in total. The fourth-order valence-electron chi connectivity index (χ4n) is 2.34. The van der Waals surface area contributed by atoms with Crippen LogP contribution in [0.5, 0.6) is 11.5 Å². The molecule has 1 aliphatic rings. The Kier molecular flexibility index (Phi) is 6.64. The van der Waals surface area contributed by atoms with Crippen LogP contribution in [-0.2, 0) is 9.47 Å². The quantitative estimate of drug-likeness (QED) is 0.787. The van der Waals surface area contributed by atoms with Gasteiger partial charge < -0.3 is 29.6 Å². The Labute approximate surface area is 136 Å². The first-order valence-electron chi connectivity index (χ1n) is 7.61. The molecule has 1 aromatic carbocycles. The van der Waals surface area contributed by atoms with Crippen molar-refractivity contribution in [1.82, 2.24) is 4.90 Å². The van der Waals surface area contributed by atoms with E-state index in [1.165, 1.54) is 0 Å². The summed E-state index contributed by atoms with van der Waals surface area (Å²) >= 11 is 0.